The number of unbranched alkanes of at least 4 members (excludes halogenated alkanes) is 3. The van der Waals surface area contributed by atoms with Crippen molar-refractivity contribution >= 4 is 11.7 Å². The van der Waals surface area contributed by atoms with E-state index in [9.17, 15) is 4.79 Å². The van der Waals surface area contributed by atoms with Gasteiger partial charge in [-0.05, 0) is 19.8 Å². The molecule has 3 heteroatoms. The van der Waals surface area contributed by atoms with Gasteiger partial charge in [0.25, 0.3) is 0 Å². The summed E-state index contributed by atoms with van der Waals surface area (Å²) in [7, 11) is 0. The predicted molar refractivity (Wildman–Crippen MR) is 63.5 cm³/mol. The molecule has 1 atom stereocenters. The Hall–Kier alpha value is -0.860. The number of aliphatic imine (C=N–C) groups is 1. The highest BCUT2D eigenvalue weighted by atomic mass is 16.4. The van der Waals surface area contributed by atoms with Crippen molar-refractivity contribution in [2.24, 2.45) is 10.9 Å². The lowest BCUT2D eigenvalue weighted by atomic mass is 10.0. The van der Waals surface area contributed by atoms with Crippen LogP contribution in [-0.2, 0) is 4.79 Å². The lowest BCUT2D eigenvalue weighted by molar-refractivity contribution is -0.139. The van der Waals surface area contributed by atoms with E-state index >= 15 is 0 Å². The Morgan fingerprint density at radius 3 is 2.40 bits per heavy atom. The van der Waals surface area contributed by atoms with E-state index in [0.29, 0.717) is 6.42 Å². The molecule has 0 aliphatic rings. The number of carboxylic acid groups (broad SMARTS) is 1. The molecule has 0 heterocycles. The maximum atomic E-state index is 10.8. The van der Waals surface area contributed by atoms with Crippen LogP contribution in [0.15, 0.2) is 4.99 Å². The number of hydrogen-bond donors (Lipinski definition) is 1. The molecule has 0 aromatic heterocycles. The zero-order chi connectivity index (χ0) is 11.7. The fraction of sp³-hybridized carbons (Fsp3) is 0.833. The molecule has 0 rings (SSSR count). The zero-order valence-electron chi connectivity index (χ0n) is 10.1. The number of hydrogen-bond acceptors (Lipinski definition) is 2. The summed E-state index contributed by atoms with van der Waals surface area (Å²) in [5, 5.41) is 8.90. The molecular formula is C12H23NO2. The number of rotatable bonds is 8. The second-order valence-electron chi connectivity index (χ2n) is 3.88. The molecule has 0 fully saturated rings. The second kappa shape index (κ2) is 8.45. The SMILES string of the molecule is CCCCCC/N=C(/C)C(CC)C(=O)O. The third-order valence-corrected chi connectivity index (χ3v) is 2.58. The summed E-state index contributed by atoms with van der Waals surface area (Å²) in [4.78, 5) is 15.2. The fourth-order valence-corrected chi connectivity index (χ4v) is 1.55. The van der Waals surface area contributed by atoms with Gasteiger partial charge < -0.3 is 5.11 Å². The minimum Gasteiger partial charge on any atom is -0.481 e. The van der Waals surface area contributed by atoms with E-state index in [0.717, 1.165) is 18.7 Å². The van der Waals surface area contributed by atoms with Crippen molar-refractivity contribution in [3.05, 3.63) is 0 Å². The van der Waals surface area contributed by atoms with Crippen LogP contribution in [-0.4, -0.2) is 23.3 Å². The summed E-state index contributed by atoms with van der Waals surface area (Å²) in [6.45, 7) is 6.65. The summed E-state index contributed by atoms with van der Waals surface area (Å²) < 4.78 is 0. The molecule has 0 aromatic rings. The van der Waals surface area contributed by atoms with Gasteiger partial charge in [0.1, 0.15) is 0 Å². The van der Waals surface area contributed by atoms with Crippen molar-refractivity contribution in [1.82, 2.24) is 0 Å². The molecule has 0 aliphatic heterocycles. The summed E-state index contributed by atoms with van der Waals surface area (Å²) in [5.74, 6) is -1.15. The van der Waals surface area contributed by atoms with Gasteiger partial charge in [0.05, 0.1) is 5.92 Å². The average molecular weight is 213 g/mol. The van der Waals surface area contributed by atoms with Crippen molar-refractivity contribution in [2.75, 3.05) is 6.54 Å². The Kier molecular flexibility index (Phi) is 7.96. The highest BCUT2D eigenvalue weighted by molar-refractivity contribution is 6.00. The third kappa shape index (κ3) is 6.26. The largest absolute Gasteiger partial charge is 0.481 e. The van der Waals surface area contributed by atoms with Crippen LogP contribution in [0.4, 0.5) is 0 Å². The Bertz CT molecular complexity index is 212. The average Bonchev–Trinajstić information content (AvgIpc) is 2.18. The fourth-order valence-electron chi connectivity index (χ4n) is 1.55. The molecule has 1 N–H and O–H groups in total. The molecule has 0 bridgehead atoms. The molecule has 88 valence electrons. The molecule has 0 radical (unpaired) electrons. The number of nitrogens with zero attached hydrogens (tertiary/aromatic N) is 1. The van der Waals surface area contributed by atoms with Crippen molar-refractivity contribution in [3.63, 3.8) is 0 Å². The van der Waals surface area contributed by atoms with E-state index in [-0.39, 0.29) is 0 Å². The lowest BCUT2D eigenvalue weighted by Gasteiger charge is -2.08. The van der Waals surface area contributed by atoms with Crippen LogP contribution in [0.25, 0.3) is 0 Å². The normalized spacial score (nSPS) is 13.9. The van der Waals surface area contributed by atoms with Crippen molar-refractivity contribution in [2.45, 2.75) is 52.9 Å². The van der Waals surface area contributed by atoms with Crippen LogP contribution in [0.5, 0.6) is 0 Å². The van der Waals surface area contributed by atoms with Gasteiger partial charge in [-0.2, -0.15) is 0 Å². The van der Waals surface area contributed by atoms with E-state index in [1.807, 2.05) is 13.8 Å². The van der Waals surface area contributed by atoms with Gasteiger partial charge in [-0.25, -0.2) is 0 Å². The summed E-state index contributed by atoms with van der Waals surface area (Å²) >= 11 is 0. The van der Waals surface area contributed by atoms with Gasteiger partial charge in [-0.3, -0.25) is 9.79 Å². The maximum absolute atomic E-state index is 10.8. The molecule has 15 heavy (non-hydrogen) atoms. The van der Waals surface area contributed by atoms with E-state index in [1.165, 1.54) is 19.3 Å². The lowest BCUT2D eigenvalue weighted by Crippen LogP contribution is -2.21. The van der Waals surface area contributed by atoms with E-state index < -0.39 is 11.9 Å². The van der Waals surface area contributed by atoms with Crippen molar-refractivity contribution in [3.8, 4) is 0 Å². The van der Waals surface area contributed by atoms with Gasteiger partial charge in [-0.1, -0.05) is 33.1 Å². The second-order valence-corrected chi connectivity index (χ2v) is 3.88. The van der Waals surface area contributed by atoms with Gasteiger partial charge in [-0.15, -0.1) is 0 Å². The first kappa shape index (κ1) is 14.1. The summed E-state index contributed by atoms with van der Waals surface area (Å²) in [6.07, 6.45) is 5.35. The Balaban J connectivity index is 3.90. The minimum absolute atomic E-state index is 0.392. The zero-order valence-corrected chi connectivity index (χ0v) is 10.1. The van der Waals surface area contributed by atoms with Crippen molar-refractivity contribution in [1.29, 1.82) is 0 Å². The van der Waals surface area contributed by atoms with Gasteiger partial charge in [0.2, 0.25) is 0 Å². The summed E-state index contributed by atoms with van der Waals surface area (Å²) in [5.41, 5.74) is 0.765. The highest BCUT2D eigenvalue weighted by Gasteiger charge is 2.17. The summed E-state index contributed by atoms with van der Waals surface area (Å²) in [6, 6.07) is 0. The predicted octanol–water partition coefficient (Wildman–Crippen LogP) is 3.14. The van der Waals surface area contributed by atoms with Crippen LogP contribution in [0.1, 0.15) is 52.9 Å². The van der Waals surface area contributed by atoms with Gasteiger partial charge in [0.15, 0.2) is 0 Å². The molecular weight excluding hydrogens is 190 g/mol. The highest BCUT2D eigenvalue weighted by Crippen LogP contribution is 2.07. The molecule has 1 unspecified atom stereocenters. The third-order valence-electron chi connectivity index (χ3n) is 2.58. The molecule has 0 spiro atoms. The monoisotopic (exact) mass is 213 g/mol. The Morgan fingerprint density at radius 1 is 1.27 bits per heavy atom. The first-order valence-corrected chi connectivity index (χ1v) is 5.87. The standard InChI is InChI=1S/C12H23NO2/c1-4-6-7-8-9-13-10(3)11(5-2)12(14)15/h11H,4-9H2,1-3H3,(H,14,15)/b13-10-. The van der Waals surface area contributed by atoms with Crippen LogP contribution in [0.3, 0.4) is 0 Å². The molecule has 3 nitrogen and oxygen atoms in total. The van der Waals surface area contributed by atoms with E-state index in [1.54, 1.807) is 0 Å². The first-order valence-electron chi connectivity index (χ1n) is 5.87. The van der Waals surface area contributed by atoms with Crippen LogP contribution in [0.2, 0.25) is 0 Å². The molecule has 0 aliphatic carbocycles. The van der Waals surface area contributed by atoms with Crippen LogP contribution in [0, 0.1) is 5.92 Å². The van der Waals surface area contributed by atoms with E-state index in [4.69, 9.17) is 5.11 Å². The number of aliphatic carboxylic acids is 1. The van der Waals surface area contributed by atoms with Crippen LogP contribution >= 0.6 is 0 Å². The quantitative estimate of drug-likeness (QED) is 0.497. The smallest absolute Gasteiger partial charge is 0.312 e. The topological polar surface area (TPSA) is 49.7 Å². The number of carbonyl (C=O) groups is 1. The van der Waals surface area contributed by atoms with Gasteiger partial charge >= 0.3 is 5.97 Å². The minimum atomic E-state index is -0.757. The molecule has 0 aromatic carbocycles. The Labute approximate surface area is 92.6 Å². The Morgan fingerprint density at radius 2 is 1.93 bits per heavy atom. The van der Waals surface area contributed by atoms with Crippen molar-refractivity contribution < 1.29 is 9.90 Å². The first-order chi connectivity index (χ1) is 7.13. The van der Waals surface area contributed by atoms with Crippen LogP contribution < -0.4 is 0 Å². The molecule has 0 saturated heterocycles. The van der Waals surface area contributed by atoms with Gasteiger partial charge in [0, 0.05) is 12.3 Å². The molecule has 0 amide bonds. The van der Waals surface area contributed by atoms with E-state index in [2.05, 4.69) is 11.9 Å². The maximum Gasteiger partial charge on any atom is 0.312 e. The molecule has 0 saturated carbocycles. The number of carboxylic acids is 1.